The monoisotopic (exact) mass is 226 g/mol. The first kappa shape index (κ1) is 9.55. The smallest absolute Gasteiger partial charge is 0.261 e. The highest BCUT2D eigenvalue weighted by Gasteiger charge is 2.05. The molecule has 0 saturated carbocycles. The van der Waals surface area contributed by atoms with Crippen LogP contribution in [0.2, 0.25) is 5.02 Å². The molecule has 0 bridgehead atoms. The molecular formula is C9H7ClN2OS. The van der Waals surface area contributed by atoms with Gasteiger partial charge in [-0.2, -0.15) is 0 Å². The molecule has 0 spiro atoms. The lowest BCUT2D eigenvalue weighted by atomic mass is 10.2. The van der Waals surface area contributed by atoms with E-state index in [1.165, 1.54) is 4.57 Å². The first-order chi connectivity index (χ1) is 6.59. The third-order valence-corrected chi connectivity index (χ3v) is 2.65. The van der Waals surface area contributed by atoms with Gasteiger partial charge in [0.25, 0.3) is 5.56 Å². The Kier molecular flexibility index (Phi) is 2.25. The minimum atomic E-state index is -0.137. The van der Waals surface area contributed by atoms with Crippen molar-refractivity contribution in [2.75, 3.05) is 0 Å². The van der Waals surface area contributed by atoms with Gasteiger partial charge in [0.2, 0.25) is 0 Å². The predicted molar refractivity (Wildman–Crippen MR) is 59.2 cm³/mol. The first-order valence-corrected chi connectivity index (χ1v) is 4.77. The van der Waals surface area contributed by atoms with Gasteiger partial charge in [0, 0.05) is 12.1 Å². The summed E-state index contributed by atoms with van der Waals surface area (Å²) in [6.07, 6.45) is 0. The molecule has 1 heterocycles. The molecule has 3 nitrogen and oxygen atoms in total. The van der Waals surface area contributed by atoms with Crippen LogP contribution in [0.1, 0.15) is 0 Å². The van der Waals surface area contributed by atoms with E-state index in [9.17, 15) is 4.79 Å². The Morgan fingerprint density at radius 3 is 2.93 bits per heavy atom. The second-order valence-electron chi connectivity index (χ2n) is 2.94. The van der Waals surface area contributed by atoms with Gasteiger partial charge in [-0.05, 0) is 18.2 Å². The van der Waals surface area contributed by atoms with Crippen LogP contribution in [0.4, 0.5) is 0 Å². The Morgan fingerprint density at radius 2 is 2.21 bits per heavy atom. The average molecular weight is 227 g/mol. The Hall–Kier alpha value is -1.00. The summed E-state index contributed by atoms with van der Waals surface area (Å²) in [5.74, 6) is 0. The van der Waals surface area contributed by atoms with E-state index >= 15 is 0 Å². The quantitative estimate of drug-likeness (QED) is 0.550. The number of nitrogens with zero attached hydrogens (tertiary/aromatic N) is 2. The molecule has 1 aromatic carbocycles. The van der Waals surface area contributed by atoms with Crippen LogP contribution in [-0.2, 0) is 7.05 Å². The zero-order chi connectivity index (χ0) is 10.3. The zero-order valence-electron chi connectivity index (χ0n) is 7.36. The van der Waals surface area contributed by atoms with E-state index in [-0.39, 0.29) is 5.56 Å². The van der Waals surface area contributed by atoms with E-state index in [4.69, 9.17) is 11.6 Å². The normalized spacial score (nSPS) is 10.8. The molecule has 1 aromatic heterocycles. The first-order valence-electron chi connectivity index (χ1n) is 3.95. The van der Waals surface area contributed by atoms with E-state index in [1.54, 1.807) is 25.2 Å². The van der Waals surface area contributed by atoms with E-state index < -0.39 is 0 Å². The summed E-state index contributed by atoms with van der Waals surface area (Å²) in [6.45, 7) is 0. The van der Waals surface area contributed by atoms with Crippen molar-refractivity contribution in [3.05, 3.63) is 33.6 Å². The van der Waals surface area contributed by atoms with Gasteiger partial charge in [0.05, 0.1) is 10.9 Å². The summed E-state index contributed by atoms with van der Waals surface area (Å²) < 4.78 is 1.38. The molecule has 2 rings (SSSR count). The van der Waals surface area contributed by atoms with E-state index in [0.29, 0.717) is 21.1 Å². The Labute approximate surface area is 90.7 Å². The SMILES string of the molecule is Cn1c(S)nc2ccc(Cl)cc2c1=O. The number of thiol groups is 1. The van der Waals surface area contributed by atoms with Crippen molar-refractivity contribution in [3.8, 4) is 0 Å². The molecule has 0 aliphatic carbocycles. The molecule has 0 atom stereocenters. The highest BCUT2D eigenvalue weighted by Crippen LogP contribution is 2.15. The molecule has 0 aliphatic heterocycles. The molecule has 2 aromatic rings. The summed E-state index contributed by atoms with van der Waals surface area (Å²) in [7, 11) is 1.62. The van der Waals surface area contributed by atoms with Crippen LogP contribution in [0.5, 0.6) is 0 Å². The number of rotatable bonds is 0. The second-order valence-corrected chi connectivity index (χ2v) is 3.77. The highest BCUT2D eigenvalue weighted by molar-refractivity contribution is 7.80. The lowest BCUT2D eigenvalue weighted by Gasteiger charge is -2.03. The Bertz CT molecular complexity index is 564. The Morgan fingerprint density at radius 1 is 1.50 bits per heavy atom. The third kappa shape index (κ3) is 1.40. The number of hydrogen-bond donors (Lipinski definition) is 1. The molecule has 72 valence electrons. The van der Waals surface area contributed by atoms with Gasteiger partial charge in [-0.3, -0.25) is 9.36 Å². The van der Waals surface area contributed by atoms with E-state index in [2.05, 4.69) is 17.6 Å². The number of aromatic nitrogens is 2. The van der Waals surface area contributed by atoms with Crippen molar-refractivity contribution in [1.82, 2.24) is 9.55 Å². The van der Waals surface area contributed by atoms with Gasteiger partial charge >= 0.3 is 0 Å². The van der Waals surface area contributed by atoms with Crippen molar-refractivity contribution >= 4 is 35.1 Å². The molecular weight excluding hydrogens is 220 g/mol. The molecule has 0 unspecified atom stereocenters. The fourth-order valence-corrected chi connectivity index (χ4v) is 1.60. The summed E-state index contributed by atoms with van der Waals surface area (Å²) >= 11 is 9.88. The van der Waals surface area contributed by atoms with Gasteiger partial charge < -0.3 is 0 Å². The molecule has 0 radical (unpaired) electrons. The summed E-state index contributed by atoms with van der Waals surface area (Å²) in [5, 5.41) is 1.44. The summed E-state index contributed by atoms with van der Waals surface area (Å²) in [4.78, 5) is 15.9. The van der Waals surface area contributed by atoms with E-state index in [0.717, 1.165) is 0 Å². The number of halogens is 1. The average Bonchev–Trinajstić information content (AvgIpc) is 2.16. The van der Waals surface area contributed by atoms with Crippen molar-refractivity contribution in [2.45, 2.75) is 5.16 Å². The molecule has 5 heteroatoms. The number of fused-ring (bicyclic) bond motifs is 1. The van der Waals surface area contributed by atoms with Crippen LogP contribution in [0, 0.1) is 0 Å². The molecule has 0 amide bonds. The molecule has 0 aliphatic rings. The maximum Gasteiger partial charge on any atom is 0.261 e. The van der Waals surface area contributed by atoms with Crippen LogP contribution in [0.25, 0.3) is 10.9 Å². The molecule has 0 saturated heterocycles. The van der Waals surface area contributed by atoms with Gasteiger partial charge in [-0.1, -0.05) is 11.6 Å². The Balaban J connectivity index is 2.99. The highest BCUT2D eigenvalue weighted by atomic mass is 35.5. The van der Waals surface area contributed by atoms with Crippen LogP contribution in [-0.4, -0.2) is 9.55 Å². The molecule has 14 heavy (non-hydrogen) atoms. The van der Waals surface area contributed by atoms with Gasteiger partial charge in [-0.25, -0.2) is 4.98 Å². The summed E-state index contributed by atoms with van der Waals surface area (Å²) in [6, 6.07) is 5.02. The standard InChI is InChI=1S/C9H7ClN2OS/c1-12-8(13)6-4-5(10)2-3-7(6)11-9(12)14/h2-4H,1H3,(H,11,14). The maximum atomic E-state index is 11.7. The van der Waals surface area contributed by atoms with Crippen LogP contribution in [0.3, 0.4) is 0 Å². The lowest BCUT2D eigenvalue weighted by Crippen LogP contribution is -2.19. The van der Waals surface area contributed by atoms with Crippen LogP contribution < -0.4 is 5.56 Å². The number of hydrogen-bond acceptors (Lipinski definition) is 3. The lowest BCUT2D eigenvalue weighted by molar-refractivity contribution is 0.729. The number of benzene rings is 1. The van der Waals surface area contributed by atoms with Crippen LogP contribution in [0.15, 0.2) is 28.2 Å². The van der Waals surface area contributed by atoms with Gasteiger partial charge in [0.1, 0.15) is 0 Å². The van der Waals surface area contributed by atoms with Gasteiger partial charge in [-0.15, -0.1) is 12.6 Å². The minimum Gasteiger partial charge on any atom is -0.290 e. The molecule has 0 fully saturated rings. The summed E-state index contributed by atoms with van der Waals surface area (Å²) in [5.41, 5.74) is 0.477. The van der Waals surface area contributed by atoms with Crippen molar-refractivity contribution in [2.24, 2.45) is 7.05 Å². The van der Waals surface area contributed by atoms with E-state index in [1.807, 2.05) is 0 Å². The van der Waals surface area contributed by atoms with Crippen molar-refractivity contribution in [1.29, 1.82) is 0 Å². The van der Waals surface area contributed by atoms with Crippen molar-refractivity contribution in [3.63, 3.8) is 0 Å². The molecule has 0 N–H and O–H groups in total. The largest absolute Gasteiger partial charge is 0.290 e. The van der Waals surface area contributed by atoms with Crippen LogP contribution >= 0.6 is 24.2 Å². The predicted octanol–water partition coefficient (Wildman–Crippen LogP) is 1.88. The third-order valence-electron chi connectivity index (χ3n) is 2.01. The fourth-order valence-electron chi connectivity index (χ4n) is 1.23. The van der Waals surface area contributed by atoms with Gasteiger partial charge in [0.15, 0.2) is 5.16 Å². The minimum absolute atomic E-state index is 0.137. The zero-order valence-corrected chi connectivity index (χ0v) is 9.01. The topological polar surface area (TPSA) is 34.9 Å². The maximum absolute atomic E-state index is 11.7. The second kappa shape index (κ2) is 3.29. The fraction of sp³-hybridized carbons (Fsp3) is 0.111. The van der Waals surface area contributed by atoms with Crippen molar-refractivity contribution < 1.29 is 0 Å².